The van der Waals surface area contributed by atoms with Crippen molar-refractivity contribution in [2.75, 3.05) is 25.6 Å². The SMILES string of the molecule is COCCNc1c(-c2ccccc2)nc2cc(C)ccn12. The highest BCUT2D eigenvalue weighted by atomic mass is 16.5. The minimum absolute atomic E-state index is 0.660. The zero-order valence-electron chi connectivity index (χ0n) is 12.3. The van der Waals surface area contributed by atoms with Gasteiger partial charge in [-0.05, 0) is 24.6 Å². The number of benzene rings is 1. The quantitative estimate of drug-likeness (QED) is 0.729. The summed E-state index contributed by atoms with van der Waals surface area (Å²) in [5.74, 6) is 1.01. The third-order valence-corrected chi connectivity index (χ3v) is 3.43. The molecule has 2 heterocycles. The Kier molecular flexibility index (Phi) is 3.88. The van der Waals surface area contributed by atoms with Gasteiger partial charge in [-0.15, -0.1) is 0 Å². The molecule has 0 bridgehead atoms. The van der Waals surface area contributed by atoms with Gasteiger partial charge in [-0.1, -0.05) is 30.3 Å². The van der Waals surface area contributed by atoms with Crippen molar-refractivity contribution < 1.29 is 4.74 Å². The van der Waals surface area contributed by atoms with Crippen molar-refractivity contribution >= 4 is 11.5 Å². The first-order valence-corrected chi connectivity index (χ1v) is 7.06. The number of ether oxygens (including phenoxy) is 1. The zero-order chi connectivity index (χ0) is 14.7. The number of hydrogen-bond acceptors (Lipinski definition) is 3. The highest BCUT2D eigenvalue weighted by Crippen LogP contribution is 2.28. The van der Waals surface area contributed by atoms with Crippen LogP contribution in [0.5, 0.6) is 0 Å². The third kappa shape index (κ3) is 2.76. The molecule has 0 aliphatic carbocycles. The number of aromatic nitrogens is 2. The molecule has 2 aromatic heterocycles. The van der Waals surface area contributed by atoms with Crippen LogP contribution < -0.4 is 5.32 Å². The van der Waals surface area contributed by atoms with Crippen LogP contribution in [-0.4, -0.2) is 29.6 Å². The largest absolute Gasteiger partial charge is 0.383 e. The van der Waals surface area contributed by atoms with E-state index in [1.54, 1.807) is 7.11 Å². The van der Waals surface area contributed by atoms with E-state index in [0.717, 1.165) is 29.3 Å². The first-order chi connectivity index (χ1) is 10.3. The molecule has 0 aliphatic heterocycles. The molecule has 1 N–H and O–H groups in total. The van der Waals surface area contributed by atoms with E-state index in [-0.39, 0.29) is 0 Å². The van der Waals surface area contributed by atoms with Crippen LogP contribution in [0.25, 0.3) is 16.9 Å². The van der Waals surface area contributed by atoms with Crippen molar-refractivity contribution in [1.82, 2.24) is 9.38 Å². The van der Waals surface area contributed by atoms with Crippen molar-refractivity contribution in [2.45, 2.75) is 6.92 Å². The number of nitrogens with one attached hydrogen (secondary N) is 1. The van der Waals surface area contributed by atoms with Gasteiger partial charge in [0.1, 0.15) is 17.2 Å². The molecule has 0 aliphatic rings. The van der Waals surface area contributed by atoms with Gasteiger partial charge in [0.15, 0.2) is 0 Å². The van der Waals surface area contributed by atoms with Crippen molar-refractivity contribution in [3.05, 3.63) is 54.2 Å². The van der Waals surface area contributed by atoms with Gasteiger partial charge in [0.2, 0.25) is 0 Å². The minimum Gasteiger partial charge on any atom is -0.383 e. The molecular weight excluding hydrogens is 262 g/mol. The predicted molar refractivity (Wildman–Crippen MR) is 85.7 cm³/mol. The van der Waals surface area contributed by atoms with Gasteiger partial charge in [-0.25, -0.2) is 4.98 Å². The maximum Gasteiger partial charge on any atom is 0.139 e. The second kappa shape index (κ2) is 5.97. The number of methoxy groups -OCH3 is 1. The second-order valence-electron chi connectivity index (χ2n) is 5.03. The van der Waals surface area contributed by atoms with Gasteiger partial charge < -0.3 is 10.1 Å². The number of rotatable bonds is 5. The molecule has 0 spiro atoms. The number of nitrogens with zero attached hydrogens (tertiary/aromatic N) is 2. The fourth-order valence-electron chi connectivity index (χ4n) is 2.38. The summed E-state index contributed by atoms with van der Waals surface area (Å²) in [5.41, 5.74) is 4.24. The lowest BCUT2D eigenvalue weighted by Crippen LogP contribution is -2.10. The van der Waals surface area contributed by atoms with Gasteiger partial charge in [0, 0.05) is 25.4 Å². The zero-order valence-corrected chi connectivity index (χ0v) is 12.3. The normalized spacial score (nSPS) is 11.0. The van der Waals surface area contributed by atoms with Gasteiger partial charge >= 0.3 is 0 Å². The molecule has 0 radical (unpaired) electrons. The fourth-order valence-corrected chi connectivity index (χ4v) is 2.38. The van der Waals surface area contributed by atoms with Crippen LogP contribution in [0.4, 0.5) is 5.82 Å². The Labute approximate surface area is 124 Å². The summed E-state index contributed by atoms with van der Waals surface area (Å²) in [5, 5.41) is 3.43. The highest BCUT2D eigenvalue weighted by Gasteiger charge is 2.13. The Morgan fingerprint density at radius 2 is 2.00 bits per heavy atom. The summed E-state index contributed by atoms with van der Waals surface area (Å²) < 4.78 is 7.21. The van der Waals surface area contributed by atoms with E-state index in [1.807, 2.05) is 18.2 Å². The molecule has 0 unspecified atom stereocenters. The summed E-state index contributed by atoms with van der Waals surface area (Å²) >= 11 is 0. The average molecular weight is 281 g/mol. The standard InChI is InChI=1S/C17H19N3O/c1-13-8-10-20-15(12-13)19-16(14-6-4-3-5-7-14)17(20)18-9-11-21-2/h3-8,10,12,18H,9,11H2,1-2H3. The summed E-state index contributed by atoms with van der Waals surface area (Å²) in [6.45, 7) is 3.49. The topological polar surface area (TPSA) is 38.6 Å². The number of aryl methyl sites for hydroxylation is 1. The minimum atomic E-state index is 0.660. The number of fused-ring (bicyclic) bond motifs is 1. The van der Waals surface area contributed by atoms with Crippen LogP contribution in [0.1, 0.15) is 5.56 Å². The van der Waals surface area contributed by atoms with E-state index in [9.17, 15) is 0 Å². The van der Waals surface area contributed by atoms with Gasteiger partial charge in [-0.2, -0.15) is 0 Å². The van der Waals surface area contributed by atoms with E-state index in [2.05, 4.69) is 47.1 Å². The Bertz CT molecular complexity index is 734. The molecule has 108 valence electrons. The van der Waals surface area contributed by atoms with Crippen molar-refractivity contribution in [1.29, 1.82) is 0 Å². The molecule has 4 heteroatoms. The summed E-state index contributed by atoms with van der Waals surface area (Å²) in [4.78, 5) is 4.78. The maximum atomic E-state index is 5.12. The van der Waals surface area contributed by atoms with Gasteiger partial charge in [0.05, 0.1) is 6.61 Å². The predicted octanol–water partition coefficient (Wildman–Crippen LogP) is 3.37. The van der Waals surface area contributed by atoms with Gasteiger partial charge in [0.25, 0.3) is 0 Å². The molecular formula is C17H19N3O. The molecule has 0 amide bonds. The lowest BCUT2D eigenvalue weighted by Gasteiger charge is -2.08. The summed E-state index contributed by atoms with van der Waals surface area (Å²) in [7, 11) is 1.71. The average Bonchev–Trinajstić information content (AvgIpc) is 2.86. The molecule has 1 aromatic carbocycles. The number of pyridine rings is 1. The molecule has 0 saturated carbocycles. The first-order valence-electron chi connectivity index (χ1n) is 7.06. The van der Waals surface area contributed by atoms with Crippen molar-refractivity contribution in [3.63, 3.8) is 0 Å². The van der Waals surface area contributed by atoms with Crippen LogP contribution in [-0.2, 0) is 4.74 Å². The molecule has 0 atom stereocenters. The van der Waals surface area contributed by atoms with Crippen molar-refractivity contribution in [2.24, 2.45) is 0 Å². The van der Waals surface area contributed by atoms with Crippen LogP contribution in [0.15, 0.2) is 48.7 Å². The Hall–Kier alpha value is -2.33. The molecule has 3 rings (SSSR count). The van der Waals surface area contributed by atoms with Crippen LogP contribution >= 0.6 is 0 Å². The molecule has 4 nitrogen and oxygen atoms in total. The molecule has 0 fully saturated rings. The lowest BCUT2D eigenvalue weighted by atomic mass is 10.1. The lowest BCUT2D eigenvalue weighted by molar-refractivity contribution is 0.210. The van der Waals surface area contributed by atoms with Crippen LogP contribution in [0.2, 0.25) is 0 Å². The van der Waals surface area contributed by atoms with E-state index in [1.165, 1.54) is 5.56 Å². The van der Waals surface area contributed by atoms with Gasteiger partial charge in [-0.3, -0.25) is 4.40 Å². The van der Waals surface area contributed by atoms with E-state index in [0.29, 0.717) is 6.61 Å². The smallest absolute Gasteiger partial charge is 0.139 e. The first kappa shape index (κ1) is 13.6. The summed E-state index contributed by atoms with van der Waals surface area (Å²) in [6.07, 6.45) is 2.05. The Balaban J connectivity index is 2.10. The monoisotopic (exact) mass is 281 g/mol. The molecule has 3 aromatic rings. The maximum absolute atomic E-state index is 5.12. The van der Waals surface area contributed by atoms with Crippen LogP contribution in [0, 0.1) is 6.92 Å². The van der Waals surface area contributed by atoms with Crippen molar-refractivity contribution in [3.8, 4) is 11.3 Å². The van der Waals surface area contributed by atoms with Crippen LogP contribution in [0.3, 0.4) is 0 Å². The fraction of sp³-hybridized carbons (Fsp3) is 0.235. The molecule has 0 saturated heterocycles. The Morgan fingerprint density at radius 1 is 1.19 bits per heavy atom. The second-order valence-corrected chi connectivity index (χ2v) is 5.03. The van der Waals surface area contributed by atoms with E-state index < -0.39 is 0 Å². The third-order valence-electron chi connectivity index (χ3n) is 3.43. The number of anilines is 1. The van der Waals surface area contributed by atoms with E-state index >= 15 is 0 Å². The number of imidazole rings is 1. The van der Waals surface area contributed by atoms with E-state index in [4.69, 9.17) is 9.72 Å². The Morgan fingerprint density at radius 3 is 2.76 bits per heavy atom. The molecule has 21 heavy (non-hydrogen) atoms. The summed E-state index contributed by atoms with van der Waals surface area (Å²) in [6, 6.07) is 14.4. The number of hydrogen-bond donors (Lipinski definition) is 1. The highest BCUT2D eigenvalue weighted by molar-refractivity contribution is 5.76.